The van der Waals surface area contributed by atoms with Gasteiger partial charge in [0.1, 0.15) is 11.6 Å². The molecule has 2 aromatic carbocycles. The van der Waals surface area contributed by atoms with Crippen LogP contribution in [0.5, 0.6) is 0 Å². The Kier molecular flexibility index (Phi) is 5.03. The van der Waals surface area contributed by atoms with E-state index in [0.29, 0.717) is 22.5 Å². The van der Waals surface area contributed by atoms with Crippen LogP contribution < -0.4 is 22.9 Å². The number of nitrogen functional groups attached to an aromatic ring is 1. The van der Waals surface area contributed by atoms with Gasteiger partial charge in [-0.05, 0) is 35.4 Å². The summed E-state index contributed by atoms with van der Waals surface area (Å²) in [7, 11) is 0. The maximum Gasteiger partial charge on any atom is 0.141 e. The third-order valence-electron chi connectivity index (χ3n) is 3.92. The molecule has 0 radical (unpaired) electrons. The molecule has 0 aliphatic heterocycles. The van der Waals surface area contributed by atoms with Crippen LogP contribution in [-0.4, -0.2) is 9.97 Å². The standard InChI is InChI=1S/C20H19FN6/c21-16-9-12(5-6-15(16)18-10-27-20(25)11-26-18)13-3-1-2-4-14(13)17(22)7-8-19(23)24/h1-11H,22-24H2,(H2,25,27)/b17-7-. The summed E-state index contributed by atoms with van der Waals surface area (Å²) >= 11 is 0. The van der Waals surface area contributed by atoms with E-state index in [9.17, 15) is 4.39 Å². The molecule has 7 heteroatoms. The number of rotatable bonds is 4. The van der Waals surface area contributed by atoms with Gasteiger partial charge < -0.3 is 22.9 Å². The van der Waals surface area contributed by atoms with Gasteiger partial charge in [0.15, 0.2) is 0 Å². The predicted molar refractivity (Wildman–Crippen MR) is 106 cm³/mol. The zero-order chi connectivity index (χ0) is 19.4. The van der Waals surface area contributed by atoms with Crippen molar-refractivity contribution in [3.8, 4) is 22.4 Å². The highest BCUT2D eigenvalue weighted by molar-refractivity contribution is 5.81. The number of anilines is 1. The summed E-state index contributed by atoms with van der Waals surface area (Å²) in [6, 6.07) is 12.3. The quantitative estimate of drug-likeness (QED) is 0.528. The van der Waals surface area contributed by atoms with Crippen LogP contribution in [0.3, 0.4) is 0 Å². The van der Waals surface area contributed by atoms with E-state index in [1.807, 2.05) is 24.3 Å². The summed E-state index contributed by atoms with van der Waals surface area (Å²) in [6.07, 6.45) is 5.95. The number of hydrogen-bond donors (Lipinski definition) is 4. The Labute approximate surface area is 156 Å². The number of aromatic nitrogens is 2. The molecule has 0 bridgehead atoms. The third-order valence-corrected chi connectivity index (χ3v) is 3.92. The lowest BCUT2D eigenvalue weighted by Crippen LogP contribution is -2.07. The zero-order valence-electron chi connectivity index (χ0n) is 14.4. The number of benzene rings is 2. The van der Waals surface area contributed by atoms with E-state index in [0.717, 1.165) is 11.1 Å². The van der Waals surface area contributed by atoms with Gasteiger partial charge in [-0.2, -0.15) is 0 Å². The lowest BCUT2D eigenvalue weighted by atomic mass is 9.96. The summed E-state index contributed by atoms with van der Waals surface area (Å²) in [5.41, 5.74) is 26.0. The van der Waals surface area contributed by atoms with E-state index in [4.69, 9.17) is 22.9 Å². The summed E-state index contributed by atoms with van der Waals surface area (Å²) in [5, 5.41) is 0. The molecule has 0 aliphatic rings. The van der Waals surface area contributed by atoms with E-state index >= 15 is 0 Å². The zero-order valence-corrected chi connectivity index (χ0v) is 14.4. The highest BCUT2D eigenvalue weighted by atomic mass is 19.1. The molecule has 0 saturated carbocycles. The fourth-order valence-corrected chi connectivity index (χ4v) is 2.63. The van der Waals surface area contributed by atoms with E-state index in [1.165, 1.54) is 24.5 Å². The smallest absolute Gasteiger partial charge is 0.141 e. The molecule has 8 N–H and O–H groups in total. The van der Waals surface area contributed by atoms with Crippen molar-refractivity contribution in [3.05, 3.63) is 84.2 Å². The molecule has 6 nitrogen and oxygen atoms in total. The third kappa shape index (κ3) is 4.04. The minimum Gasteiger partial charge on any atom is -0.398 e. The first kappa shape index (κ1) is 17.9. The largest absolute Gasteiger partial charge is 0.398 e. The topological polar surface area (TPSA) is 130 Å². The van der Waals surface area contributed by atoms with Crippen LogP contribution in [0.25, 0.3) is 28.1 Å². The second-order valence-electron chi connectivity index (χ2n) is 5.86. The second kappa shape index (κ2) is 7.57. The van der Waals surface area contributed by atoms with Gasteiger partial charge in [-0.3, -0.25) is 4.98 Å². The second-order valence-corrected chi connectivity index (χ2v) is 5.86. The summed E-state index contributed by atoms with van der Waals surface area (Å²) in [6.45, 7) is 0. The summed E-state index contributed by atoms with van der Waals surface area (Å²) < 4.78 is 14.7. The van der Waals surface area contributed by atoms with Gasteiger partial charge in [0, 0.05) is 16.8 Å². The van der Waals surface area contributed by atoms with Crippen molar-refractivity contribution >= 4 is 11.5 Å². The van der Waals surface area contributed by atoms with Crippen molar-refractivity contribution in [2.24, 2.45) is 17.2 Å². The van der Waals surface area contributed by atoms with Crippen molar-refractivity contribution in [1.82, 2.24) is 9.97 Å². The van der Waals surface area contributed by atoms with Crippen molar-refractivity contribution in [2.75, 3.05) is 5.73 Å². The molecule has 0 saturated heterocycles. The van der Waals surface area contributed by atoms with Gasteiger partial charge in [0.05, 0.1) is 23.9 Å². The van der Waals surface area contributed by atoms with Crippen LogP contribution in [0.2, 0.25) is 0 Å². The summed E-state index contributed by atoms with van der Waals surface area (Å²) in [4.78, 5) is 8.06. The number of nitrogens with zero attached hydrogens (tertiary/aromatic N) is 2. The molecule has 1 aromatic heterocycles. The first-order valence-electron chi connectivity index (χ1n) is 8.11. The van der Waals surface area contributed by atoms with Gasteiger partial charge >= 0.3 is 0 Å². The average molecular weight is 362 g/mol. The van der Waals surface area contributed by atoms with E-state index in [-0.39, 0.29) is 11.6 Å². The minimum atomic E-state index is -0.421. The van der Waals surface area contributed by atoms with Crippen LogP contribution in [0.15, 0.2) is 72.8 Å². The maximum atomic E-state index is 14.7. The van der Waals surface area contributed by atoms with E-state index in [2.05, 4.69) is 9.97 Å². The molecular weight excluding hydrogens is 343 g/mol. The Balaban J connectivity index is 2.03. The van der Waals surface area contributed by atoms with E-state index in [1.54, 1.807) is 18.2 Å². The Morgan fingerprint density at radius 1 is 0.889 bits per heavy atom. The van der Waals surface area contributed by atoms with Crippen LogP contribution >= 0.6 is 0 Å². The van der Waals surface area contributed by atoms with Crippen molar-refractivity contribution in [3.63, 3.8) is 0 Å². The fraction of sp³-hybridized carbons (Fsp3) is 0. The van der Waals surface area contributed by atoms with Crippen LogP contribution in [-0.2, 0) is 0 Å². The normalized spacial score (nSPS) is 11.2. The van der Waals surface area contributed by atoms with Crippen LogP contribution in [0, 0.1) is 5.82 Å². The van der Waals surface area contributed by atoms with Gasteiger partial charge in [0.2, 0.25) is 0 Å². The monoisotopic (exact) mass is 362 g/mol. The first-order valence-corrected chi connectivity index (χ1v) is 8.11. The molecule has 0 unspecified atom stereocenters. The molecule has 3 rings (SSSR count). The maximum absolute atomic E-state index is 14.7. The van der Waals surface area contributed by atoms with Crippen LogP contribution in [0.1, 0.15) is 5.56 Å². The highest BCUT2D eigenvalue weighted by Gasteiger charge is 2.12. The molecular formula is C20H19FN6. The Hall–Kier alpha value is -3.87. The molecule has 3 aromatic rings. The Morgan fingerprint density at radius 2 is 1.67 bits per heavy atom. The highest BCUT2D eigenvalue weighted by Crippen LogP contribution is 2.30. The van der Waals surface area contributed by atoms with Gasteiger partial charge in [0.25, 0.3) is 0 Å². The molecule has 0 amide bonds. The SMILES string of the molecule is NC(N)=C/C=C(\N)c1ccccc1-c1ccc(-c2cnc(N)cn2)c(F)c1. The molecule has 0 spiro atoms. The summed E-state index contributed by atoms with van der Waals surface area (Å²) in [5.74, 6) is 0.00425. The molecule has 136 valence electrons. The molecule has 0 atom stereocenters. The lowest BCUT2D eigenvalue weighted by molar-refractivity contribution is 0.631. The van der Waals surface area contributed by atoms with Gasteiger partial charge in [-0.1, -0.05) is 30.3 Å². The first-order chi connectivity index (χ1) is 13.0. The Bertz CT molecular complexity index is 1020. The van der Waals surface area contributed by atoms with Crippen molar-refractivity contribution < 1.29 is 4.39 Å². The predicted octanol–water partition coefficient (Wildman–Crippen LogP) is 2.59. The van der Waals surface area contributed by atoms with Crippen molar-refractivity contribution in [1.29, 1.82) is 0 Å². The molecule has 27 heavy (non-hydrogen) atoms. The average Bonchev–Trinajstić information content (AvgIpc) is 2.67. The molecule has 0 fully saturated rings. The number of hydrogen-bond acceptors (Lipinski definition) is 6. The lowest BCUT2D eigenvalue weighted by Gasteiger charge is -2.11. The Morgan fingerprint density at radius 3 is 2.33 bits per heavy atom. The number of halogens is 1. The number of nitrogens with two attached hydrogens (primary N) is 4. The van der Waals surface area contributed by atoms with E-state index < -0.39 is 5.82 Å². The van der Waals surface area contributed by atoms with Gasteiger partial charge in [-0.25, -0.2) is 9.37 Å². The van der Waals surface area contributed by atoms with Gasteiger partial charge in [-0.15, -0.1) is 0 Å². The molecule has 0 aliphatic carbocycles. The van der Waals surface area contributed by atoms with Crippen LogP contribution in [0.4, 0.5) is 10.2 Å². The number of allylic oxidation sites excluding steroid dienone is 2. The fourth-order valence-electron chi connectivity index (χ4n) is 2.63. The molecule has 1 heterocycles. The minimum absolute atomic E-state index is 0.149. The van der Waals surface area contributed by atoms with Crippen molar-refractivity contribution in [2.45, 2.75) is 0 Å².